The van der Waals surface area contributed by atoms with Crippen LogP contribution < -0.4 is 10.6 Å². The number of hydrogen-bond acceptors (Lipinski definition) is 3. The van der Waals surface area contributed by atoms with E-state index in [-0.39, 0.29) is 24.0 Å². The van der Waals surface area contributed by atoms with E-state index in [1.165, 1.54) is 4.88 Å². The van der Waals surface area contributed by atoms with Crippen molar-refractivity contribution in [2.75, 3.05) is 13.1 Å². The lowest BCUT2D eigenvalue weighted by Gasteiger charge is -2.14. The Bertz CT molecular complexity index is 814. The lowest BCUT2D eigenvalue weighted by atomic mass is 10.1. The van der Waals surface area contributed by atoms with Crippen molar-refractivity contribution in [3.63, 3.8) is 0 Å². The zero-order valence-electron chi connectivity index (χ0n) is 15.6. The molecule has 1 atom stereocenters. The average Bonchev–Trinajstić information content (AvgIpc) is 3.36. The van der Waals surface area contributed by atoms with Gasteiger partial charge in [-0.25, -0.2) is 9.67 Å². The minimum absolute atomic E-state index is 0. The summed E-state index contributed by atoms with van der Waals surface area (Å²) in [6.07, 6.45) is 3.89. The van der Waals surface area contributed by atoms with Gasteiger partial charge in [0.15, 0.2) is 5.96 Å². The quantitative estimate of drug-likeness (QED) is 0.290. The minimum Gasteiger partial charge on any atom is -0.357 e. The number of nitrogens with zero attached hydrogens (tertiary/aromatic N) is 3. The van der Waals surface area contributed by atoms with E-state index in [0.717, 1.165) is 30.3 Å². The summed E-state index contributed by atoms with van der Waals surface area (Å²) in [6, 6.07) is 14.4. The van der Waals surface area contributed by atoms with E-state index < -0.39 is 0 Å². The second-order valence-electron chi connectivity index (χ2n) is 6.12. The van der Waals surface area contributed by atoms with E-state index in [4.69, 9.17) is 0 Å². The number of para-hydroxylation sites is 1. The molecule has 1 unspecified atom stereocenters. The molecular formula is C20H26IN5S. The molecule has 2 heterocycles. The van der Waals surface area contributed by atoms with Crippen molar-refractivity contribution in [1.29, 1.82) is 0 Å². The number of guanidine groups is 1. The lowest BCUT2D eigenvalue weighted by molar-refractivity contribution is 0.709. The summed E-state index contributed by atoms with van der Waals surface area (Å²) in [7, 11) is 0. The molecule has 1 aromatic carbocycles. The number of halogens is 1. The van der Waals surface area contributed by atoms with Crippen LogP contribution in [0.25, 0.3) is 5.69 Å². The van der Waals surface area contributed by atoms with Crippen LogP contribution in [0.5, 0.6) is 0 Å². The van der Waals surface area contributed by atoms with Crippen LogP contribution in [0.4, 0.5) is 0 Å². The molecule has 0 saturated heterocycles. The van der Waals surface area contributed by atoms with Gasteiger partial charge in [0.1, 0.15) is 0 Å². The monoisotopic (exact) mass is 495 g/mol. The summed E-state index contributed by atoms with van der Waals surface area (Å²) in [5.41, 5.74) is 2.13. The molecule has 5 nitrogen and oxygen atoms in total. The van der Waals surface area contributed by atoms with Crippen molar-refractivity contribution in [3.05, 3.63) is 70.7 Å². The molecule has 27 heavy (non-hydrogen) atoms. The molecule has 3 aromatic rings. The number of rotatable bonds is 7. The van der Waals surface area contributed by atoms with Crippen molar-refractivity contribution in [2.45, 2.75) is 26.3 Å². The molecule has 0 spiro atoms. The smallest absolute Gasteiger partial charge is 0.191 e. The molecule has 0 aliphatic heterocycles. The first-order chi connectivity index (χ1) is 12.8. The summed E-state index contributed by atoms with van der Waals surface area (Å²) in [5.74, 6) is 1.29. The number of thiophene rings is 1. The van der Waals surface area contributed by atoms with E-state index in [9.17, 15) is 0 Å². The fourth-order valence-corrected chi connectivity index (χ4v) is 3.38. The van der Waals surface area contributed by atoms with E-state index in [0.29, 0.717) is 12.5 Å². The predicted octanol–water partition coefficient (Wildman–Crippen LogP) is 4.41. The average molecular weight is 495 g/mol. The van der Waals surface area contributed by atoms with Crippen LogP contribution in [0.1, 0.15) is 30.2 Å². The SMILES string of the molecule is CCNC(=NCc1cnn(-c2ccccc2)c1)NCC(C)c1cccs1.I. The largest absolute Gasteiger partial charge is 0.357 e. The van der Waals surface area contributed by atoms with Gasteiger partial charge in [0, 0.05) is 35.6 Å². The van der Waals surface area contributed by atoms with Gasteiger partial charge < -0.3 is 10.6 Å². The van der Waals surface area contributed by atoms with Gasteiger partial charge in [0.2, 0.25) is 0 Å². The first kappa shape index (κ1) is 21.4. The highest BCUT2D eigenvalue weighted by atomic mass is 127. The van der Waals surface area contributed by atoms with E-state index in [1.54, 1.807) is 11.3 Å². The number of aliphatic imine (C=N–C) groups is 1. The third-order valence-corrected chi connectivity index (χ3v) is 5.13. The van der Waals surface area contributed by atoms with Gasteiger partial charge >= 0.3 is 0 Å². The summed E-state index contributed by atoms with van der Waals surface area (Å²) in [6.45, 7) is 6.59. The summed E-state index contributed by atoms with van der Waals surface area (Å²) in [5, 5.41) is 13.3. The summed E-state index contributed by atoms with van der Waals surface area (Å²) >= 11 is 1.80. The first-order valence-corrected chi connectivity index (χ1v) is 9.78. The third-order valence-electron chi connectivity index (χ3n) is 4.03. The number of benzene rings is 1. The van der Waals surface area contributed by atoms with Gasteiger partial charge in [-0.15, -0.1) is 35.3 Å². The molecule has 144 valence electrons. The molecular weight excluding hydrogens is 469 g/mol. The van der Waals surface area contributed by atoms with Gasteiger partial charge in [0.25, 0.3) is 0 Å². The molecule has 2 aromatic heterocycles. The topological polar surface area (TPSA) is 54.2 Å². The Morgan fingerprint density at radius 1 is 1.19 bits per heavy atom. The van der Waals surface area contributed by atoms with Crippen molar-refractivity contribution < 1.29 is 0 Å². The maximum atomic E-state index is 4.69. The summed E-state index contributed by atoms with van der Waals surface area (Å²) < 4.78 is 1.88. The van der Waals surface area contributed by atoms with Gasteiger partial charge in [-0.3, -0.25) is 0 Å². The molecule has 0 saturated carbocycles. The van der Waals surface area contributed by atoms with E-state index in [2.05, 4.69) is 52.1 Å². The van der Waals surface area contributed by atoms with Crippen LogP contribution in [0.3, 0.4) is 0 Å². The Labute approximate surface area is 181 Å². The molecule has 3 rings (SSSR count). The van der Waals surface area contributed by atoms with Gasteiger partial charge in [-0.05, 0) is 30.5 Å². The van der Waals surface area contributed by atoms with Crippen molar-refractivity contribution in [2.24, 2.45) is 4.99 Å². The second-order valence-corrected chi connectivity index (χ2v) is 7.10. The van der Waals surface area contributed by atoms with Crippen LogP contribution in [-0.2, 0) is 6.54 Å². The zero-order valence-corrected chi connectivity index (χ0v) is 18.8. The highest BCUT2D eigenvalue weighted by molar-refractivity contribution is 14.0. The molecule has 7 heteroatoms. The maximum Gasteiger partial charge on any atom is 0.191 e. The third kappa shape index (κ3) is 6.35. The van der Waals surface area contributed by atoms with Gasteiger partial charge in [-0.1, -0.05) is 31.2 Å². The number of aromatic nitrogens is 2. The van der Waals surface area contributed by atoms with Crippen LogP contribution in [0.15, 0.2) is 65.2 Å². The predicted molar refractivity (Wildman–Crippen MR) is 125 cm³/mol. The van der Waals surface area contributed by atoms with Crippen LogP contribution in [0.2, 0.25) is 0 Å². The second kappa shape index (κ2) is 11.1. The molecule has 0 radical (unpaired) electrons. The molecule has 0 aliphatic rings. The molecule has 0 fully saturated rings. The standard InChI is InChI=1S/C20H25N5S.HI/c1-3-21-20(22-12-16(2)19-10-7-11-26-19)23-13-17-14-24-25(15-17)18-8-5-4-6-9-18;/h4-11,14-16H,3,12-13H2,1-2H3,(H2,21,22,23);1H. The van der Waals surface area contributed by atoms with Crippen LogP contribution in [0, 0.1) is 0 Å². The van der Waals surface area contributed by atoms with Gasteiger partial charge in [-0.2, -0.15) is 5.10 Å². The van der Waals surface area contributed by atoms with Crippen molar-refractivity contribution in [1.82, 2.24) is 20.4 Å². The molecule has 0 bridgehead atoms. The lowest BCUT2D eigenvalue weighted by Crippen LogP contribution is -2.39. The Hall–Kier alpha value is -1.87. The highest BCUT2D eigenvalue weighted by Crippen LogP contribution is 2.19. The Morgan fingerprint density at radius 3 is 2.70 bits per heavy atom. The number of nitrogens with one attached hydrogen (secondary N) is 2. The van der Waals surface area contributed by atoms with Crippen LogP contribution >= 0.6 is 35.3 Å². The summed E-state index contributed by atoms with van der Waals surface area (Å²) in [4.78, 5) is 6.08. The Kier molecular flexibility index (Phi) is 8.80. The Balaban J connectivity index is 0.00000261. The Morgan fingerprint density at radius 2 is 2.00 bits per heavy atom. The first-order valence-electron chi connectivity index (χ1n) is 8.91. The maximum absolute atomic E-state index is 4.69. The van der Waals surface area contributed by atoms with Crippen molar-refractivity contribution >= 4 is 41.3 Å². The fraction of sp³-hybridized carbons (Fsp3) is 0.300. The fourth-order valence-electron chi connectivity index (χ4n) is 2.60. The molecule has 0 amide bonds. The highest BCUT2D eigenvalue weighted by Gasteiger charge is 2.07. The molecule has 0 aliphatic carbocycles. The van der Waals surface area contributed by atoms with Gasteiger partial charge in [0.05, 0.1) is 18.4 Å². The number of hydrogen-bond donors (Lipinski definition) is 2. The van der Waals surface area contributed by atoms with Crippen molar-refractivity contribution in [3.8, 4) is 5.69 Å². The molecule has 2 N–H and O–H groups in total. The zero-order chi connectivity index (χ0) is 18.2. The van der Waals surface area contributed by atoms with E-state index >= 15 is 0 Å². The normalized spacial score (nSPS) is 12.3. The van der Waals surface area contributed by atoms with E-state index in [1.807, 2.05) is 47.4 Å². The minimum atomic E-state index is 0. The van der Waals surface area contributed by atoms with Crippen LogP contribution in [-0.4, -0.2) is 28.8 Å².